The third-order valence-electron chi connectivity index (χ3n) is 5.07. The van der Waals surface area contributed by atoms with E-state index in [2.05, 4.69) is 10.6 Å². The molecule has 1 fully saturated rings. The average molecular weight is 353 g/mol. The first-order valence-electron chi connectivity index (χ1n) is 8.56. The molecule has 0 unspecified atom stereocenters. The zero-order valence-corrected chi connectivity index (χ0v) is 14.3. The van der Waals surface area contributed by atoms with Crippen molar-refractivity contribution in [3.05, 3.63) is 59.5 Å². The molecule has 2 heterocycles. The highest BCUT2D eigenvalue weighted by Crippen LogP contribution is 2.41. The molecule has 2 N–H and O–H groups in total. The Labute approximate surface area is 150 Å². The van der Waals surface area contributed by atoms with Gasteiger partial charge in [-0.05, 0) is 43.0 Å². The van der Waals surface area contributed by atoms with Gasteiger partial charge in [0.1, 0.15) is 17.8 Å². The molecular formula is C19H19N3O4. The summed E-state index contributed by atoms with van der Waals surface area (Å²) in [5, 5.41) is 5.55. The van der Waals surface area contributed by atoms with E-state index in [1.807, 2.05) is 24.3 Å². The fourth-order valence-electron chi connectivity index (χ4n) is 3.77. The minimum Gasteiger partial charge on any atom is -0.467 e. The van der Waals surface area contributed by atoms with Crippen LogP contribution in [0.1, 0.15) is 36.3 Å². The molecule has 7 heteroatoms. The van der Waals surface area contributed by atoms with Crippen LogP contribution in [0.2, 0.25) is 0 Å². The number of urea groups is 1. The van der Waals surface area contributed by atoms with Crippen LogP contribution < -0.4 is 10.6 Å². The molecule has 1 aromatic heterocycles. The first-order valence-corrected chi connectivity index (χ1v) is 8.56. The van der Waals surface area contributed by atoms with Crippen molar-refractivity contribution in [3.63, 3.8) is 0 Å². The number of imide groups is 1. The zero-order chi connectivity index (χ0) is 18.3. The Balaban J connectivity index is 1.49. The Kier molecular flexibility index (Phi) is 3.79. The lowest BCUT2D eigenvalue weighted by Crippen LogP contribution is -2.44. The summed E-state index contributed by atoms with van der Waals surface area (Å²) in [6.07, 6.45) is 2.76. The van der Waals surface area contributed by atoms with E-state index < -0.39 is 17.5 Å². The molecule has 2 aromatic rings. The minimum atomic E-state index is -1.04. The van der Waals surface area contributed by atoms with E-state index in [1.54, 1.807) is 19.1 Å². The quantitative estimate of drug-likeness (QED) is 0.821. The zero-order valence-electron chi connectivity index (χ0n) is 14.3. The maximum absolute atomic E-state index is 13.0. The van der Waals surface area contributed by atoms with E-state index in [-0.39, 0.29) is 18.5 Å². The summed E-state index contributed by atoms with van der Waals surface area (Å²) < 4.78 is 5.25. The molecule has 1 aliphatic heterocycles. The molecule has 0 bridgehead atoms. The van der Waals surface area contributed by atoms with E-state index in [9.17, 15) is 14.4 Å². The summed E-state index contributed by atoms with van der Waals surface area (Å²) in [5.41, 5.74) is 0.838. The number of hydrogen-bond acceptors (Lipinski definition) is 4. The molecule has 1 aromatic carbocycles. The van der Waals surface area contributed by atoms with E-state index in [1.165, 1.54) is 6.26 Å². The number of furan rings is 1. The smallest absolute Gasteiger partial charge is 0.325 e. The fraction of sp³-hybridized carbons (Fsp3) is 0.316. The van der Waals surface area contributed by atoms with Crippen molar-refractivity contribution in [1.29, 1.82) is 0 Å². The molecule has 2 atom stereocenters. The fourth-order valence-corrected chi connectivity index (χ4v) is 3.77. The number of carbonyl (C=O) groups is 3. The van der Waals surface area contributed by atoms with Gasteiger partial charge in [-0.1, -0.05) is 24.3 Å². The van der Waals surface area contributed by atoms with Gasteiger partial charge in [0.15, 0.2) is 0 Å². The summed E-state index contributed by atoms with van der Waals surface area (Å²) >= 11 is 0. The third-order valence-corrected chi connectivity index (χ3v) is 5.07. The van der Waals surface area contributed by atoms with E-state index in [0.29, 0.717) is 12.2 Å². The number of nitrogens with zero attached hydrogens (tertiary/aromatic N) is 1. The Bertz CT molecular complexity index is 877. The van der Waals surface area contributed by atoms with Gasteiger partial charge < -0.3 is 15.1 Å². The normalized spacial score (nSPS) is 22.4. The number of benzene rings is 1. The largest absolute Gasteiger partial charge is 0.467 e. The van der Waals surface area contributed by atoms with Gasteiger partial charge in [0, 0.05) is 0 Å². The molecule has 7 nitrogen and oxygen atoms in total. The van der Waals surface area contributed by atoms with Crippen LogP contribution in [0.15, 0.2) is 47.1 Å². The molecule has 134 valence electrons. The number of carbonyl (C=O) groups excluding carboxylic acids is 3. The topological polar surface area (TPSA) is 91.7 Å². The van der Waals surface area contributed by atoms with Crippen molar-refractivity contribution in [2.75, 3.05) is 6.54 Å². The molecule has 0 radical (unpaired) electrons. The Hall–Kier alpha value is -3.09. The van der Waals surface area contributed by atoms with E-state index in [0.717, 1.165) is 22.4 Å². The summed E-state index contributed by atoms with van der Waals surface area (Å²) in [4.78, 5) is 38.7. The van der Waals surface area contributed by atoms with Gasteiger partial charge in [-0.15, -0.1) is 0 Å². The number of nitrogens with one attached hydrogen (secondary N) is 2. The predicted molar refractivity (Wildman–Crippen MR) is 92.0 cm³/mol. The molecule has 1 aliphatic carbocycles. The standard InChI is InChI=1S/C19H19N3O4/c1-12(15-7-4-10-26-15)20-16(23)11-22-17(24)19(21-18(22)25)9-8-13-5-2-3-6-14(13)19/h2-7,10,12H,8-9,11H2,1H3,(H,20,23)(H,21,25)/t12-,19+/m0/s1. The van der Waals surface area contributed by atoms with Gasteiger partial charge in [0.25, 0.3) is 5.91 Å². The summed E-state index contributed by atoms with van der Waals surface area (Å²) in [6.45, 7) is 1.46. The van der Waals surface area contributed by atoms with Crippen molar-refractivity contribution >= 4 is 17.8 Å². The number of rotatable bonds is 4. The van der Waals surface area contributed by atoms with Crippen molar-refractivity contribution in [3.8, 4) is 0 Å². The highest BCUT2D eigenvalue weighted by molar-refractivity contribution is 6.09. The van der Waals surface area contributed by atoms with Gasteiger partial charge in [-0.25, -0.2) is 4.79 Å². The van der Waals surface area contributed by atoms with Crippen molar-refractivity contribution in [2.24, 2.45) is 0 Å². The van der Waals surface area contributed by atoms with Gasteiger partial charge in [-0.2, -0.15) is 0 Å². The molecule has 1 saturated heterocycles. The van der Waals surface area contributed by atoms with Crippen LogP contribution in [-0.4, -0.2) is 29.3 Å². The van der Waals surface area contributed by atoms with Gasteiger partial charge in [0.05, 0.1) is 12.3 Å². The van der Waals surface area contributed by atoms with Crippen LogP contribution in [0, 0.1) is 0 Å². The van der Waals surface area contributed by atoms with E-state index >= 15 is 0 Å². The minimum absolute atomic E-state index is 0.320. The predicted octanol–water partition coefficient (Wildman–Crippen LogP) is 1.85. The van der Waals surface area contributed by atoms with Crippen LogP contribution in [0.3, 0.4) is 0 Å². The Morgan fingerprint density at radius 2 is 2.12 bits per heavy atom. The lowest BCUT2D eigenvalue weighted by Gasteiger charge is -2.22. The molecule has 26 heavy (non-hydrogen) atoms. The molecular weight excluding hydrogens is 334 g/mol. The van der Waals surface area contributed by atoms with Crippen LogP contribution >= 0.6 is 0 Å². The highest BCUT2D eigenvalue weighted by Gasteiger charge is 2.55. The van der Waals surface area contributed by atoms with Crippen LogP contribution in [0.25, 0.3) is 0 Å². The molecule has 4 rings (SSSR count). The summed E-state index contributed by atoms with van der Waals surface area (Å²) in [7, 11) is 0. The lowest BCUT2D eigenvalue weighted by molar-refractivity contribution is -0.135. The summed E-state index contributed by atoms with van der Waals surface area (Å²) in [5.74, 6) is -0.175. The molecule has 0 saturated carbocycles. The van der Waals surface area contributed by atoms with Gasteiger partial charge >= 0.3 is 6.03 Å². The first-order chi connectivity index (χ1) is 12.5. The van der Waals surface area contributed by atoms with Crippen LogP contribution in [-0.2, 0) is 21.5 Å². The van der Waals surface area contributed by atoms with Gasteiger partial charge in [0.2, 0.25) is 5.91 Å². The Morgan fingerprint density at radius 1 is 1.31 bits per heavy atom. The SMILES string of the molecule is C[C@H](NC(=O)CN1C(=O)N[C@@]2(CCc3ccccc32)C1=O)c1ccco1. The van der Waals surface area contributed by atoms with Gasteiger partial charge in [-0.3, -0.25) is 14.5 Å². The summed E-state index contributed by atoms with van der Waals surface area (Å²) in [6, 6.07) is 10.2. The number of amides is 4. The van der Waals surface area contributed by atoms with E-state index in [4.69, 9.17) is 4.42 Å². The Morgan fingerprint density at radius 3 is 2.88 bits per heavy atom. The van der Waals surface area contributed by atoms with Crippen molar-refractivity contribution in [2.45, 2.75) is 31.3 Å². The number of aryl methyl sites for hydroxylation is 1. The monoisotopic (exact) mass is 353 g/mol. The first kappa shape index (κ1) is 16.4. The van der Waals surface area contributed by atoms with Crippen LogP contribution in [0.5, 0.6) is 0 Å². The molecule has 2 aliphatic rings. The van der Waals surface area contributed by atoms with Crippen molar-refractivity contribution in [1.82, 2.24) is 15.5 Å². The second kappa shape index (κ2) is 6.01. The molecule has 4 amide bonds. The lowest BCUT2D eigenvalue weighted by atomic mass is 9.92. The van der Waals surface area contributed by atoms with Crippen LogP contribution in [0.4, 0.5) is 4.79 Å². The van der Waals surface area contributed by atoms with Crippen molar-refractivity contribution < 1.29 is 18.8 Å². The number of fused-ring (bicyclic) bond motifs is 2. The average Bonchev–Trinajstić information content (AvgIpc) is 3.32. The highest BCUT2D eigenvalue weighted by atomic mass is 16.3. The second-order valence-corrected chi connectivity index (χ2v) is 6.69. The molecule has 1 spiro atoms. The maximum Gasteiger partial charge on any atom is 0.325 e. The second-order valence-electron chi connectivity index (χ2n) is 6.69. The number of hydrogen-bond donors (Lipinski definition) is 2. The third kappa shape index (κ3) is 2.47. The maximum atomic E-state index is 13.0.